The summed E-state index contributed by atoms with van der Waals surface area (Å²) in [5.74, 6) is -0.255. The number of benzene rings is 1. The fourth-order valence-corrected chi connectivity index (χ4v) is 0.602. The first-order chi connectivity index (χ1) is 5.74. The molecule has 0 amide bonds. The van der Waals surface area contributed by atoms with Crippen LogP contribution in [0.4, 0.5) is 4.39 Å². The normalized spacial score (nSPS) is 8.00. The summed E-state index contributed by atoms with van der Waals surface area (Å²) in [7, 11) is 0. The molecule has 0 saturated carbocycles. The summed E-state index contributed by atoms with van der Waals surface area (Å²) in [6, 6.07) is 7.04. The van der Waals surface area contributed by atoms with E-state index in [0.717, 1.165) is 0 Å². The third-order valence-corrected chi connectivity index (χ3v) is 1.04. The molecule has 0 atom stereocenters. The van der Waals surface area contributed by atoms with Crippen LogP contribution in [0.5, 0.6) is 0 Å². The van der Waals surface area contributed by atoms with Crippen LogP contribution in [0.1, 0.15) is 5.56 Å². The Bertz CT molecular complexity index is 222. The number of hydrogen-bond donors (Lipinski definition) is 1. The molecule has 0 fully saturated rings. The van der Waals surface area contributed by atoms with Crippen LogP contribution in [0, 0.1) is 11.9 Å². The zero-order chi connectivity index (χ0) is 9.40. The van der Waals surface area contributed by atoms with Crippen LogP contribution in [0.15, 0.2) is 18.2 Å². The standard InChI is InChI=1S/C7H7FN.2BrH.Zn/c8-7-3-1-2-6(4-7)5-9;;;/h1,3-4H,5,9H2;2*1H;/q;;;+2/p-2. The molecule has 0 aromatic heterocycles. The van der Waals surface area contributed by atoms with Gasteiger partial charge in [-0.15, -0.1) is 0 Å². The number of nitrogens with two attached hydrogens (primary N) is 1. The van der Waals surface area contributed by atoms with Crippen molar-refractivity contribution in [2.75, 3.05) is 0 Å². The molecule has 0 aliphatic rings. The number of halogens is 3. The van der Waals surface area contributed by atoms with Gasteiger partial charge in [0, 0.05) is 6.54 Å². The summed E-state index contributed by atoms with van der Waals surface area (Å²) in [5.41, 5.74) is 5.92. The molecular weight excluding hydrogens is 342 g/mol. The van der Waals surface area contributed by atoms with Gasteiger partial charge >= 0.3 is 40.5 Å². The Labute approximate surface area is 92.2 Å². The van der Waals surface area contributed by atoms with E-state index in [1.807, 2.05) is 0 Å². The predicted molar refractivity (Wildman–Crippen MR) is 51.0 cm³/mol. The van der Waals surface area contributed by atoms with Crippen LogP contribution in [-0.4, -0.2) is 0 Å². The van der Waals surface area contributed by atoms with E-state index in [1.165, 1.54) is 18.2 Å². The molecule has 1 rings (SSSR count). The fourth-order valence-electron chi connectivity index (χ4n) is 0.602. The van der Waals surface area contributed by atoms with E-state index in [1.54, 1.807) is 0 Å². The summed E-state index contributed by atoms with van der Waals surface area (Å²) >= 11 is 6.25. The van der Waals surface area contributed by atoms with Gasteiger partial charge in [0.05, 0.1) is 0 Å². The number of rotatable bonds is 1. The van der Waals surface area contributed by atoms with Crippen LogP contribution in [0.3, 0.4) is 0 Å². The van der Waals surface area contributed by atoms with E-state index in [-0.39, 0.29) is 19.0 Å². The van der Waals surface area contributed by atoms with Gasteiger partial charge in [0.1, 0.15) is 5.82 Å². The third-order valence-electron chi connectivity index (χ3n) is 1.04. The van der Waals surface area contributed by atoms with Gasteiger partial charge in [-0.3, -0.25) is 0 Å². The van der Waals surface area contributed by atoms with Gasteiger partial charge in [0.25, 0.3) is 0 Å². The Morgan fingerprint density at radius 2 is 2.17 bits per heavy atom. The minimum atomic E-state index is -0.255. The van der Waals surface area contributed by atoms with Crippen LogP contribution in [0.25, 0.3) is 0 Å². The summed E-state index contributed by atoms with van der Waals surface area (Å²) in [6.45, 7) is 0.345. The van der Waals surface area contributed by atoms with Crippen molar-refractivity contribution in [1.82, 2.24) is 0 Å². The Balaban J connectivity index is 0.000000354. The van der Waals surface area contributed by atoms with Gasteiger partial charge in [0.15, 0.2) is 0 Å². The molecule has 0 heterocycles. The first-order valence-electron chi connectivity index (χ1n) is 3.22. The molecule has 0 aliphatic carbocycles. The third kappa shape index (κ3) is 6.24. The molecule has 0 spiro atoms. The van der Waals surface area contributed by atoms with Crippen molar-refractivity contribution in [3.05, 3.63) is 35.6 Å². The second-order valence-corrected chi connectivity index (χ2v) is 15.9. The molecule has 0 bridgehead atoms. The quantitative estimate of drug-likeness (QED) is 0.776. The van der Waals surface area contributed by atoms with E-state index in [0.29, 0.717) is 12.1 Å². The first-order valence-corrected chi connectivity index (χ1v) is 17.1. The summed E-state index contributed by atoms with van der Waals surface area (Å²) in [6.07, 6.45) is 0. The molecule has 1 aromatic rings. The molecule has 1 aromatic carbocycles. The summed E-state index contributed by atoms with van der Waals surface area (Å²) in [5, 5.41) is 0. The van der Waals surface area contributed by atoms with Crippen molar-refractivity contribution in [2.24, 2.45) is 5.73 Å². The summed E-state index contributed by atoms with van der Waals surface area (Å²) < 4.78 is 12.3. The summed E-state index contributed by atoms with van der Waals surface area (Å²) in [4.78, 5) is 0. The van der Waals surface area contributed by atoms with Gasteiger partial charge in [-0.05, 0) is 23.8 Å². The van der Waals surface area contributed by atoms with Crippen molar-refractivity contribution in [2.45, 2.75) is 6.54 Å². The Hall–Kier alpha value is 0.693. The van der Waals surface area contributed by atoms with Crippen LogP contribution >= 0.6 is 27.2 Å². The Kier molecular flexibility index (Phi) is 8.78. The van der Waals surface area contributed by atoms with E-state index in [4.69, 9.17) is 5.73 Å². The van der Waals surface area contributed by atoms with Gasteiger partial charge in [0.2, 0.25) is 0 Å². The zero-order valence-electron chi connectivity index (χ0n) is 6.36. The fraction of sp³-hybridized carbons (Fsp3) is 0.143. The van der Waals surface area contributed by atoms with Gasteiger partial charge in [-0.2, -0.15) is 0 Å². The second-order valence-electron chi connectivity index (χ2n) is 1.84. The molecule has 0 saturated heterocycles. The monoisotopic (exact) mass is 346 g/mol. The molecule has 1 radical (unpaired) electrons. The maximum atomic E-state index is 12.3. The topological polar surface area (TPSA) is 26.0 Å². The van der Waals surface area contributed by atoms with Crippen LogP contribution in [-0.2, 0) is 19.8 Å². The van der Waals surface area contributed by atoms with Crippen LogP contribution < -0.4 is 5.73 Å². The predicted octanol–water partition coefficient (Wildman–Crippen LogP) is 2.77. The zero-order valence-corrected chi connectivity index (χ0v) is 12.5. The first kappa shape index (κ1) is 12.7. The molecule has 2 N–H and O–H groups in total. The van der Waals surface area contributed by atoms with E-state index < -0.39 is 0 Å². The molecule has 1 nitrogen and oxygen atoms in total. The van der Waals surface area contributed by atoms with Crippen molar-refractivity contribution in [3.8, 4) is 0 Å². The average molecular weight is 349 g/mol. The van der Waals surface area contributed by atoms with Crippen molar-refractivity contribution in [1.29, 1.82) is 0 Å². The average Bonchev–Trinajstić information content (AvgIpc) is 2.06. The van der Waals surface area contributed by atoms with E-state index >= 15 is 0 Å². The molecule has 0 unspecified atom stereocenters. The maximum absolute atomic E-state index is 12.3. The SMILES string of the molecule is NCc1[c]ccc(F)c1.[Br][Zn][Br]. The van der Waals surface area contributed by atoms with Crippen LogP contribution in [0.2, 0.25) is 0 Å². The number of hydrogen-bond acceptors (Lipinski definition) is 1. The van der Waals surface area contributed by atoms with Crippen molar-refractivity contribution in [3.63, 3.8) is 0 Å². The van der Waals surface area contributed by atoms with Gasteiger partial charge < -0.3 is 5.73 Å². The van der Waals surface area contributed by atoms with E-state index in [2.05, 4.69) is 33.3 Å². The molecular formula is C7H7Br2FNZn. The van der Waals surface area contributed by atoms with Crippen molar-refractivity contribution >= 4 is 27.2 Å². The second kappa shape index (κ2) is 8.30. The van der Waals surface area contributed by atoms with Crippen molar-refractivity contribution < 1.29 is 17.6 Å². The van der Waals surface area contributed by atoms with Gasteiger partial charge in [-0.25, -0.2) is 4.39 Å². The molecule has 0 aliphatic heterocycles. The Morgan fingerprint density at radius 3 is 2.50 bits per heavy atom. The molecule has 12 heavy (non-hydrogen) atoms. The van der Waals surface area contributed by atoms with Gasteiger partial charge in [-0.1, -0.05) is 6.07 Å². The molecule has 63 valence electrons. The minimum absolute atomic E-state index is 0.250. The van der Waals surface area contributed by atoms with E-state index in [9.17, 15) is 4.39 Å². The molecule has 5 heteroatoms. The Morgan fingerprint density at radius 1 is 1.58 bits per heavy atom.